The molecule has 1 aromatic rings. The molecule has 3 rings (SSSR count). The zero-order valence-corrected chi connectivity index (χ0v) is 12.2. The average Bonchev–Trinajstić information content (AvgIpc) is 2.42. The summed E-state index contributed by atoms with van der Waals surface area (Å²) in [6.45, 7) is 1.50. The number of benzene rings is 1. The maximum atomic E-state index is 13.4. The van der Waals surface area contributed by atoms with E-state index in [0.29, 0.717) is 5.69 Å². The third kappa shape index (κ3) is 2.35. The van der Waals surface area contributed by atoms with Gasteiger partial charge < -0.3 is 15.7 Å². The molecular weight excluding hydrogens is 279 g/mol. The van der Waals surface area contributed by atoms with Crippen molar-refractivity contribution >= 4 is 23.0 Å². The number of piperidine rings is 1. The topological polar surface area (TPSA) is 49.5 Å². The standard InChI is InChI=1S/C15H20ClFN2O/c16-11-7-14(13(18)8-12(11)17)19-6-5-15(20)4-2-1-3-10(15)9-19/h7-8,10,20H,1-6,9,18H2. The molecule has 2 atom stereocenters. The molecule has 5 heteroatoms. The quantitative estimate of drug-likeness (QED) is 0.783. The summed E-state index contributed by atoms with van der Waals surface area (Å²) in [6, 6.07) is 2.87. The maximum Gasteiger partial charge on any atom is 0.143 e. The van der Waals surface area contributed by atoms with Crippen molar-refractivity contribution in [1.29, 1.82) is 0 Å². The minimum Gasteiger partial charge on any atom is -0.397 e. The van der Waals surface area contributed by atoms with E-state index in [1.165, 1.54) is 12.5 Å². The van der Waals surface area contributed by atoms with Crippen LogP contribution in [0.5, 0.6) is 0 Å². The van der Waals surface area contributed by atoms with Gasteiger partial charge in [0, 0.05) is 25.1 Å². The van der Waals surface area contributed by atoms with Crippen LogP contribution in [-0.4, -0.2) is 23.8 Å². The first-order valence-corrected chi connectivity index (χ1v) is 7.59. The van der Waals surface area contributed by atoms with Gasteiger partial charge >= 0.3 is 0 Å². The number of aliphatic hydroxyl groups is 1. The number of nitrogens with zero attached hydrogens (tertiary/aromatic N) is 1. The largest absolute Gasteiger partial charge is 0.397 e. The van der Waals surface area contributed by atoms with Gasteiger partial charge in [-0.05, 0) is 25.3 Å². The SMILES string of the molecule is Nc1cc(F)c(Cl)cc1N1CCC2(O)CCCCC2C1. The van der Waals surface area contributed by atoms with Gasteiger partial charge in [0.15, 0.2) is 0 Å². The molecule has 110 valence electrons. The lowest BCUT2D eigenvalue weighted by Crippen LogP contribution is -2.53. The van der Waals surface area contributed by atoms with E-state index in [2.05, 4.69) is 4.90 Å². The predicted octanol–water partition coefficient (Wildman–Crippen LogP) is 3.19. The summed E-state index contributed by atoms with van der Waals surface area (Å²) < 4.78 is 13.4. The summed E-state index contributed by atoms with van der Waals surface area (Å²) in [4.78, 5) is 2.13. The molecule has 1 saturated carbocycles. The summed E-state index contributed by atoms with van der Waals surface area (Å²) in [7, 11) is 0. The second kappa shape index (κ2) is 5.08. The van der Waals surface area contributed by atoms with Gasteiger partial charge in [0.2, 0.25) is 0 Å². The lowest BCUT2D eigenvalue weighted by Gasteiger charge is -2.48. The molecule has 2 unspecified atom stereocenters. The Bertz CT molecular complexity index is 525. The number of fused-ring (bicyclic) bond motifs is 1. The van der Waals surface area contributed by atoms with Gasteiger partial charge in [0.05, 0.1) is 22.0 Å². The number of halogens is 2. The first kappa shape index (κ1) is 14.0. The molecule has 0 aromatic heterocycles. The van der Waals surface area contributed by atoms with Crippen LogP contribution in [0, 0.1) is 11.7 Å². The Morgan fingerprint density at radius 3 is 2.95 bits per heavy atom. The van der Waals surface area contributed by atoms with E-state index in [9.17, 15) is 9.50 Å². The third-order valence-electron chi connectivity index (χ3n) is 4.84. The van der Waals surface area contributed by atoms with E-state index in [4.69, 9.17) is 17.3 Å². The van der Waals surface area contributed by atoms with E-state index in [1.54, 1.807) is 6.07 Å². The minimum absolute atomic E-state index is 0.0960. The zero-order chi connectivity index (χ0) is 14.3. The van der Waals surface area contributed by atoms with E-state index in [0.717, 1.165) is 44.5 Å². The second-order valence-electron chi connectivity index (χ2n) is 6.07. The molecule has 0 bridgehead atoms. The van der Waals surface area contributed by atoms with Crippen LogP contribution in [0.4, 0.5) is 15.8 Å². The van der Waals surface area contributed by atoms with Crippen LogP contribution in [0.25, 0.3) is 0 Å². The molecule has 0 amide bonds. The summed E-state index contributed by atoms with van der Waals surface area (Å²) in [6.07, 6.45) is 4.96. The smallest absolute Gasteiger partial charge is 0.143 e. The van der Waals surface area contributed by atoms with Crippen molar-refractivity contribution < 1.29 is 9.50 Å². The summed E-state index contributed by atoms with van der Waals surface area (Å²) in [5.74, 6) is -0.215. The lowest BCUT2D eigenvalue weighted by molar-refractivity contribution is -0.0612. The van der Waals surface area contributed by atoms with Crippen LogP contribution in [-0.2, 0) is 0 Å². The zero-order valence-electron chi connectivity index (χ0n) is 11.4. The fourth-order valence-electron chi connectivity index (χ4n) is 3.62. The Morgan fingerprint density at radius 1 is 1.35 bits per heavy atom. The van der Waals surface area contributed by atoms with Crippen molar-refractivity contribution in [3.8, 4) is 0 Å². The van der Waals surface area contributed by atoms with Gasteiger partial charge in [-0.1, -0.05) is 24.4 Å². The molecule has 2 aliphatic rings. The Balaban J connectivity index is 1.84. The van der Waals surface area contributed by atoms with E-state index in [1.807, 2.05) is 0 Å². The van der Waals surface area contributed by atoms with Gasteiger partial charge in [-0.25, -0.2) is 4.39 Å². The highest BCUT2D eigenvalue weighted by Crippen LogP contribution is 2.42. The van der Waals surface area contributed by atoms with Crippen molar-refractivity contribution in [2.24, 2.45) is 5.92 Å². The number of hydrogen-bond donors (Lipinski definition) is 2. The van der Waals surface area contributed by atoms with Crippen LogP contribution in [0.2, 0.25) is 5.02 Å². The van der Waals surface area contributed by atoms with Crippen LogP contribution in [0.1, 0.15) is 32.1 Å². The third-order valence-corrected chi connectivity index (χ3v) is 5.13. The highest BCUT2D eigenvalue weighted by atomic mass is 35.5. The van der Waals surface area contributed by atoms with Gasteiger partial charge in [0.1, 0.15) is 5.82 Å². The molecular formula is C15H20ClFN2O. The summed E-state index contributed by atoms with van der Waals surface area (Å²) in [5.41, 5.74) is 6.59. The van der Waals surface area contributed by atoms with Gasteiger partial charge in [-0.3, -0.25) is 0 Å². The molecule has 2 fully saturated rings. The first-order valence-electron chi connectivity index (χ1n) is 7.21. The number of rotatable bonds is 1. The van der Waals surface area contributed by atoms with Crippen molar-refractivity contribution in [3.63, 3.8) is 0 Å². The number of hydrogen-bond acceptors (Lipinski definition) is 3. The fourth-order valence-corrected chi connectivity index (χ4v) is 3.77. The summed E-state index contributed by atoms with van der Waals surface area (Å²) in [5, 5.41) is 10.8. The normalized spacial score (nSPS) is 30.1. The van der Waals surface area contributed by atoms with Crippen molar-refractivity contribution in [1.82, 2.24) is 0 Å². The second-order valence-corrected chi connectivity index (χ2v) is 6.47. The van der Waals surface area contributed by atoms with Crippen molar-refractivity contribution in [2.45, 2.75) is 37.7 Å². The molecule has 1 aromatic carbocycles. The number of nitrogen functional groups attached to an aromatic ring is 1. The van der Waals surface area contributed by atoms with Crippen LogP contribution in [0.3, 0.4) is 0 Å². The van der Waals surface area contributed by atoms with E-state index in [-0.39, 0.29) is 10.9 Å². The Hall–Kier alpha value is -1.00. The Morgan fingerprint density at radius 2 is 2.15 bits per heavy atom. The molecule has 3 nitrogen and oxygen atoms in total. The van der Waals surface area contributed by atoms with Crippen LogP contribution in [0.15, 0.2) is 12.1 Å². The average molecular weight is 299 g/mol. The maximum absolute atomic E-state index is 13.4. The predicted molar refractivity (Wildman–Crippen MR) is 79.6 cm³/mol. The molecule has 0 spiro atoms. The number of nitrogens with two attached hydrogens (primary N) is 1. The van der Waals surface area contributed by atoms with Crippen molar-refractivity contribution in [3.05, 3.63) is 23.0 Å². The fraction of sp³-hybridized carbons (Fsp3) is 0.600. The molecule has 1 saturated heterocycles. The lowest BCUT2D eigenvalue weighted by atomic mass is 9.71. The summed E-state index contributed by atoms with van der Waals surface area (Å²) >= 11 is 5.86. The Labute approximate surface area is 123 Å². The molecule has 1 heterocycles. The van der Waals surface area contributed by atoms with Crippen molar-refractivity contribution in [2.75, 3.05) is 23.7 Å². The highest BCUT2D eigenvalue weighted by molar-refractivity contribution is 6.31. The molecule has 3 N–H and O–H groups in total. The van der Waals surface area contributed by atoms with Gasteiger partial charge in [-0.2, -0.15) is 0 Å². The molecule has 20 heavy (non-hydrogen) atoms. The van der Waals surface area contributed by atoms with Gasteiger partial charge in [-0.15, -0.1) is 0 Å². The van der Waals surface area contributed by atoms with Crippen LogP contribution < -0.4 is 10.6 Å². The first-order chi connectivity index (χ1) is 9.49. The molecule has 0 radical (unpaired) electrons. The number of anilines is 2. The Kier molecular flexibility index (Phi) is 3.55. The highest BCUT2D eigenvalue weighted by Gasteiger charge is 2.43. The van der Waals surface area contributed by atoms with Crippen LogP contribution >= 0.6 is 11.6 Å². The molecule has 1 aliphatic heterocycles. The monoisotopic (exact) mass is 298 g/mol. The molecule has 1 aliphatic carbocycles. The minimum atomic E-state index is -0.520. The van der Waals surface area contributed by atoms with Gasteiger partial charge in [0.25, 0.3) is 0 Å². The van der Waals surface area contributed by atoms with E-state index >= 15 is 0 Å². The van der Waals surface area contributed by atoms with E-state index < -0.39 is 11.4 Å².